The van der Waals surface area contributed by atoms with Crippen molar-refractivity contribution in [2.24, 2.45) is 0 Å². The number of rotatable bonds is 5. The van der Waals surface area contributed by atoms with Gasteiger partial charge in [-0.15, -0.1) is 0 Å². The first-order valence-corrected chi connectivity index (χ1v) is 7.07. The van der Waals surface area contributed by atoms with Gasteiger partial charge in [0.15, 0.2) is 6.29 Å². The van der Waals surface area contributed by atoms with Gasteiger partial charge < -0.3 is 4.74 Å². The largest absolute Gasteiger partial charge is 0.468 e. The number of aryl methyl sites for hydroxylation is 1. The number of amides is 1. The Morgan fingerprint density at radius 1 is 1.22 bits per heavy atom. The average molecular weight is 314 g/mol. The smallest absolute Gasteiger partial charge is 0.327 e. The van der Waals surface area contributed by atoms with E-state index in [2.05, 4.69) is 4.74 Å². The minimum absolute atomic E-state index is 0.251. The van der Waals surface area contributed by atoms with Crippen molar-refractivity contribution in [1.82, 2.24) is 4.68 Å². The highest BCUT2D eigenvalue weighted by atomic mass is 16.5. The molecule has 0 unspecified atom stereocenters. The first-order chi connectivity index (χ1) is 11.0. The second-order valence-electron chi connectivity index (χ2n) is 5.06. The number of carbonyl (C=O) groups excluding carboxylic acids is 3. The molecule has 0 radical (unpaired) electrons. The maximum Gasteiger partial charge on any atom is 0.327 e. The first kappa shape index (κ1) is 16.5. The number of hydrogen-bond donors (Lipinski definition) is 0. The molecule has 0 N–H and O–H groups in total. The van der Waals surface area contributed by atoms with Crippen LogP contribution < -0.4 is 5.01 Å². The van der Waals surface area contributed by atoms with Crippen LogP contribution in [0.5, 0.6) is 0 Å². The highest BCUT2D eigenvalue weighted by molar-refractivity contribution is 6.03. The van der Waals surface area contributed by atoms with Gasteiger partial charge in [0.25, 0.3) is 5.91 Å². The summed E-state index contributed by atoms with van der Waals surface area (Å²) in [5.41, 5.74) is 2.18. The molecule has 6 nitrogen and oxygen atoms in total. The van der Waals surface area contributed by atoms with Gasteiger partial charge in [0, 0.05) is 22.5 Å². The van der Waals surface area contributed by atoms with Crippen molar-refractivity contribution in [3.63, 3.8) is 0 Å². The lowest BCUT2D eigenvalue weighted by Crippen LogP contribution is -2.45. The molecule has 2 aromatic rings. The van der Waals surface area contributed by atoms with Crippen LogP contribution in [0.4, 0.5) is 0 Å². The van der Waals surface area contributed by atoms with E-state index in [1.165, 1.54) is 12.1 Å². The number of aldehydes is 1. The van der Waals surface area contributed by atoms with E-state index in [0.29, 0.717) is 22.5 Å². The molecule has 6 heteroatoms. The second-order valence-corrected chi connectivity index (χ2v) is 5.06. The molecule has 23 heavy (non-hydrogen) atoms. The Labute approximate surface area is 134 Å². The summed E-state index contributed by atoms with van der Waals surface area (Å²) in [4.78, 5) is 35.7. The van der Waals surface area contributed by atoms with Crippen LogP contribution in [0, 0.1) is 13.8 Å². The number of nitrogens with zero attached hydrogens (tertiary/aromatic N) is 2. The fourth-order valence-corrected chi connectivity index (χ4v) is 2.42. The molecular weight excluding hydrogens is 296 g/mol. The minimum Gasteiger partial charge on any atom is -0.468 e. The van der Waals surface area contributed by atoms with Crippen LogP contribution in [-0.4, -0.2) is 36.5 Å². The second kappa shape index (κ2) is 6.91. The summed E-state index contributed by atoms with van der Waals surface area (Å²) in [6, 6.07) is 10.3. The Hall–Kier alpha value is -2.89. The zero-order valence-corrected chi connectivity index (χ0v) is 13.3. The summed E-state index contributed by atoms with van der Waals surface area (Å²) in [6.07, 6.45) is 0.724. The lowest BCUT2D eigenvalue weighted by molar-refractivity contribution is -0.139. The van der Waals surface area contributed by atoms with E-state index in [9.17, 15) is 14.4 Å². The Kier molecular flexibility index (Phi) is 4.95. The van der Waals surface area contributed by atoms with Gasteiger partial charge in [-0.1, -0.05) is 18.2 Å². The van der Waals surface area contributed by atoms with Crippen LogP contribution in [0.15, 0.2) is 36.4 Å². The Balaban J connectivity index is 2.51. The highest BCUT2D eigenvalue weighted by Crippen LogP contribution is 2.16. The number of carbonyl (C=O) groups is 3. The van der Waals surface area contributed by atoms with Crippen LogP contribution in [0.1, 0.15) is 32.1 Å². The molecule has 0 aliphatic carbocycles. The maximum atomic E-state index is 12.8. The van der Waals surface area contributed by atoms with Crippen molar-refractivity contribution in [3.8, 4) is 0 Å². The maximum absolute atomic E-state index is 12.8. The Morgan fingerprint density at radius 2 is 1.87 bits per heavy atom. The van der Waals surface area contributed by atoms with Gasteiger partial charge in [-0.25, -0.2) is 5.01 Å². The standard InChI is InChI=1S/C17H18N2O4/c1-12-9-15(11-20)13(2)19(12)18(10-16(21)23-3)17(22)14-7-5-4-6-8-14/h4-9,11H,10H2,1-3H3. The van der Waals surface area contributed by atoms with Crippen LogP contribution in [-0.2, 0) is 9.53 Å². The fourth-order valence-electron chi connectivity index (χ4n) is 2.42. The average Bonchev–Trinajstić information content (AvgIpc) is 2.86. The molecule has 0 aliphatic rings. The summed E-state index contributed by atoms with van der Waals surface area (Å²) < 4.78 is 6.25. The summed E-state index contributed by atoms with van der Waals surface area (Å²) in [5.74, 6) is -0.898. The van der Waals surface area contributed by atoms with Crippen molar-refractivity contribution in [2.75, 3.05) is 18.7 Å². The van der Waals surface area contributed by atoms with Crippen LogP contribution in [0.25, 0.3) is 0 Å². The van der Waals surface area contributed by atoms with Crippen LogP contribution in [0.2, 0.25) is 0 Å². The molecule has 1 heterocycles. The molecule has 0 atom stereocenters. The summed E-state index contributed by atoms with van der Waals surface area (Å²) in [7, 11) is 1.26. The third-order valence-corrected chi connectivity index (χ3v) is 3.56. The monoisotopic (exact) mass is 314 g/mol. The molecule has 0 spiro atoms. The van der Waals surface area contributed by atoms with Crippen molar-refractivity contribution in [2.45, 2.75) is 13.8 Å². The molecule has 0 fully saturated rings. The van der Waals surface area contributed by atoms with Gasteiger partial charge in [0.2, 0.25) is 0 Å². The van der Waals surface area contributed by atoms with Gasteiger partial charge in [-0.05, 0) is 32.0 Å². The van der Waals surface area contributed by atoms with Crippen molar-refractivity contribution in [1.29, 1.82) is 0 Å². The van der Waals surface area contributed by atoms with E-state index in [1.54, 1.807) is 54.9 Å². The van der Waals surface area contributed by atoms with Crippen LogP contribution >= 0.6 is 0 Å². The Morgan fingerprint density at radius 3 is 2.39 bits per heavy atom. The molecule has 0 aliphatic heterocycles. The van der Waals surface area contributed by atoms with Crippen molar-refractivity contribution in [3.05, 3.63) is 58.9 Å². The molecule has 2 rings (SSSR count). The van der Waals surface area contributed by atoms with Gasteiger partial charge in [0.1, 0.15) is 6.54 Å². The van der Waals surface area contributed by atoms with E-state index < -0.39 is 5.97 Å². The molecule has 0 saturated heterocycles. The molecule has 0 saturated carbocycles. The predicted octanol–water partition coefficient (Wildman–Crippen LogP) is 1.87. The molecule has 1 aromatic carbocycles. The van der Waals surface area contributed by atoms with Crippen molar-refractivity contribution < 1.29 is 19.1 Å². The lowest BCUT2D eigenvalue weighted by atomic mass is 10.2. The van der Waals surface area contributed by atoms with Crippen molar-refractivity contribution >= 4 is 18.2 Å². The molecular formula is C17H18N2O4. The quantitative estimate of drug-likeness (QED) is 0.624. The lowest BCUT2D eigenvalue weighted by Gasteiger charge is -2.26. The van der Waals surface area contributed by atoms with E-state index in [0.717, 1.165) is 6.29 Å². The Bertz CT molecular complexity index is 735. The summed E-state index contributed by atoms with van der Waals surface area (Å²) in [5, 5.41) is 1.28. The van der Waals surface area contributed by atoms with Gasteiger partial charge in [0.05, 0.1) is 7.11 Å². The third-order valence-electron chi connectivity index (χ3n) is 3.56. The summed E-state index contributed by atoms with van der Waals surface area (Å²) >= 11 is 0. The predicted molar refractivity (Wildman–Crippen MR) is 85.2 cm³/mol. The molecule has 120 valence electrons. The highest BCUT2D eigenvalue weighted by Gasteiger charge is 2.24. The van der Waals surface area contributed by atoms with Gasteiger partial charge in [-0.3, -0.25) is 19.1 Å². The minimum atomic E-state index is -0.547. The zero-order valence-electron chi connectivity index (χ0n) is 13.3. The number of esters is 1. The normalized spacial score (nSPS) is 10.2. The summed E-state index contributed by atoms with van der Waals surface area (Å²) in [6.45, 7) is 3.24. The van der Waals surface area contributed by atoms with Crippen LogP contribution in [0.3, 0.4) is 0 Å². The third kappa shape index (κ3) is 3.31. The molecule has 1 aromatic heterocycles. The topological polar surface area (TPSA) is 68.6 Å². The SMILES string of the molecule is COC(=O)CN(C(=O)c1ccccc1)n1c(C)cc(C=O)c1C. The number of methoxy groups -OCH3 is 1. The number of hydrogen-bond acceptors (Lipinski definition) is 4. The van der Waals surface area contributed by atoms with Gasteiger partial charge in [-0.2, -0.15) is 0 Å². The van der Waals surface area contributed by atoms with E-state index in [-0.39, 0.29) is 12.5 Å². The van der Waals surface area contributed by atoms with E-state index >= 15 is 0 Å². The zero-order chi connectivity index (χ0) is 17.0. The fraction of sp³-hybridized carbons (Fsp3) is 0.235. The molecule has 0 bridgehead atoms. The number of aromatic nitrogens is 1. The van der Waals surface area contributed by atoms with E-state index in [4.69, 9.17) is 0 Å². The first-order valence-electron chi connectivity index (χ1n) is 7.07. The van der Waals surface area contributed by atoms with E-state index in [1.807, 2.05) is 0 Å². The number of ether oxygens (including phenoxy) is 1. The number of benzene rings is 1. The van der Waals surface area contributed by atoms with Gasteiger partial charge >= 0.3 is 5.97 Å². The molecule has 1 amide bonds.